The van der Waals surface area contributed by atoms with Crippen LogP contribution in [0.5, 0.6) is 0 Å². The maximum absolute atomic E-state index is 13.8. The molecule has 0 saturated heterocycles. The molecular weight excluding hydrogens is 652 g/mol. The smallest absolute Gasteiger partial charge is 0.416 e. The highest BCUT2D eigenvalue weighted by atomic mass is 19.4. The minimum Gasteiger partial charge on any atom is -0.465 e. The summed E-state index contributed by atoms with van der Waals surface area (Å²) in [5.41, 5.74) is -0.591. The molecule has 2 saturated carbocycles. The first-order chi connectivity index (χ1) is 23.3. The predicted molar refractivity (Wildman–Crippen MR) is 170 cm³/mol. The molecule has 0 radical (unpaired) electrons. The maximum Gasteiger partial charge on any atom is 0.416 e. The van der Waals surface area contributed by atoms with Crippen molar-refractivity contribution in [1.29, 1.82) is 0 Å². The number of hydrogen-bond donors (Lipinski definition) is 0. The number of ether oxygens (including phenoxy) is 1. The molecule has 2 aliphatic carbocycles. The standard InChI is InChI=1S/C34H37F6N7O2/c1-3-49-29(48)20-47-43-32(42-44-47)46(18-24-12-27(33(35,36)37)15-28(13-24)34(38,39)40)19-26-14-25-9-4-6-21(2)30(25)41-31(26)45(17-23-10-11-23)16-22-7-5-8-22/h4,6,9,12-15,22-23H,3,5,7-8,10-11,16-20H2,1-2H3. The molecule has 6 rings (SSSR count). The van der Waals surface area contributed by atoms with Crippen molar-refractivity contribution in [2.75, 3.05) is 29.5 Å². The monoisotopic (exact) mass is 689 g/mol. The van der Waals surface area contributed by atoms with E-state index < -0.39 is 36.0 Å². The van der Waals surface area contributed by atoms with E-state index in [1.54, 1.807) is 6.92 Å². The summed E-state index contributed by atoms with van der Waals surface area (Å²) < 4.78 is 87.9. The Morgan fingerprint density at radius 3 is 2.18 bits per heavy atom. The number of pyridine rings is 1. The van der Waals surface area contributed by atoms with Crippen LogP contribution >= 0.6 is 0 Å². The normalized spacial score (nSPS) is 15.3. The summed E-state index contributed by atoms with van der Waals surface area (Å²) in [5.74, 6) is 1.03. The quantitative estimate of drug-likeness (QED) is 0.106. The molecule has 2 aromatic carbocycles. The van der Waals surface area contributed by atoms with E-state index in [-0.39, 0.29) is 37.3 Å². The second kappa shape index (κ2) is 13.8. The van der Waals surface area contributed by atoms with Crippen molar-refractivity contribution in [2.45, 2.75) is 77.9 Å². The van der Waals surface area contributed by atoms with Gasteiger partial charge in [0.15, 0.2) is 6.54 Å². The van der Waals surface area contributed by atoms with Gasteiger partial charge in [-0.05, 0) is 92.0 Å². The number of benzene rings is 2. The first-order valence-corrected chi connectivity index (χ1v) is 16.4. The van der Waals surface area contributed by atoms with Gasteiger partial charge in [0.05, 0.1) is 23.3 Å². The molecule has 0 unspecified atom stereocenters. The van der Waals surface area contributed by atoms with Crippen molar-refractivity contribution in [3.05, 3.63) is 70.3 Å². The Kier molecular flexibility index (Phi) is 9.72. The SMILES string of the molecule is CCOC(=O)Cn1nnc(N(Cc2cc(C(F)(F)F)cc(C(F)(F)F)c2)Cc2cc3cccc(C)c3nc2N(CC2CCC2)CC2CC2)n1. The zero-order valence-electron chi connectivity index (χ0n) is 27.2. The number of anilines is 2. The third kappa shape index (κ3) is 8.42. The molecule has 0 amide bonds. The second-order valence-corrected chi connectivity index (χ2v) is 13.0. The zero-order valence-corrected chi connectivity index (χ0v) is 27.2. The van der Waals surface area contributed by atoms with Crippen molar-refractivity contribution < 1.29 is 35.9 Å². The van der Waals surface area contributed by atoms with Crippen molar-refractivity contribution in [3.63, 3.8) is 0 Å². The molecule has 0 bridgehead atoms. The summed E-state index contributed by atoms with van der Waals surface area (Å²) in [4.78, 5) is 22.0. The number of tetrazole rings is 1. The maximum atomic E-state index is 13.8. The first-order valence-electron chi connectivity index (χ1n) is 16.4. The van der Waals surface area contributed by atoms with Gasteiger partial charge in [-0.25, -0.2) is 9.78 Å². The molecule has 262 valence electrons. The van der Waals surface area contributed by atoms with Crippen LogP contribution in [0.25, 0.3) is 10.9 Å². The third-order valence-electron chi connectivity index (χ3n) is 8.97. The Hall–Kier alpha value is -4.43. The van der Waals surface area contributed by atoms with E-state index in [4.69, 9.17) is 9.72 Å². The summed E-state index contributed by atoms with van der Waals surface area (Å²) in [6.45, 7) is 4.51. The molecule has 15 heteroatoms. The molecule has 2 heterocycles. The molecular formula is C34H37F6N7O2. The van der Waals surface area contributed by atoms with E-state index in [1.807, 2.05) is 31.2 Å². The molecule has 0 spiro atoms. The average molecular weight is 690 g/mol. The lowest BCUT2D eigenvalue weighted by Crippen LogP contribution is -2.36. The van der Waals surface area contributed by atoms with Crippen LogP contribution in [0, 0.1) is 18.8 Å². The lowest BCUT2D eigenvalue weighted by molar-refractivity contribution is -0.145. The molecule has 9 nitrogen and oxygen atoms in total. The van der Waals surface area contributed by atoms with E-state index in [1.165, 1.54) is 4.90 Å². The fourth-order valence-corrected chi connectivity index (χ4v) is 6.10. The van der Waals surface area contributed by atoms with Crippen LogP contribution in [0.2, 0.25) is 0 Å². The lowest BCUT2D eigenvalue weighted by atomic mass is 9.85. The lowest BCUT2D eigenvalue weighted by Gasteiger charge is -2.35. The number of aromatic nitrogens is 5. The Bertz CT molecular complexity index is 1770. The molecule has 0 atom stereocenters. The van der Waals surface area contributed by atoms with Crippen LogP contribution in [0.3, 0.4) is 0 Å². The first kappa shape index (κ1) is 34.4. The number of esters is 1. The third-order valence-corrected chi connectivity index (χ3v) is 8.97. The number of nitrogens with zero attached hydrogens (tertiary/aromatic N) is 7. The van der Waals surface area contributed by atoms with Crippen molar-refractivity contribution in [3.8, 4) is 0 Å². The molecule has 2 aliphatic rings. The summed E-state index contributed by atoms with van der Waals surface area (Å²) in [6.07, 6.45) is -4.42. The minimum atomic E-state index is -5.01. The number of fused-ring (bicyclic) bond motifs is 1. The Labute approximate surface area is 279 Å². The number of alkyl halides is 6. The van der Waals surface area contributed by atoms with Gasteiger partial charge >= 0.3 is 18.3 Å². The summed E-state index contributed by atoms with van der Waals surface area (Å²) >= 11 is 0. The topological polar surface area (TPSA) is 89.3 Å². The fraction of sp³-hybridized carbons (Fsp3) is 0.500. The minimum absolute atomic E-state index is 0.0131. The van der Waals surface area contributed by atoms with Gasteiger partial charge in [-0.3, -0.25) is 0 Å². The molecule has 0 aliphatic heterocycles. The number of hydrogen-bond acceptors (Lipinski definition) is 8. The largest absolute Gasteiger partial charge is 0.465 e. The van der Waals surface area contributed by atoms with Gasteiger partial charge in [0.25, 0.3) is 5.95 Å². The van der Waals surface area contributed by atoms with Crippen LogP contribution in [0.15, 0.2) is 42.5 Å². The van der Waals surface area contributed by atoms with Gasteiger partial charge in [0.2, 0.25) is 0 Å². The van der Waals surface area contributed by atoms with Crippen molar-refractivity contribution >= 4 is 28.6 Å². The van der Waals surface area contributed by atoms with Crippen LogP contribution in [0.4, 0.5) is 38.1 Å². The van der Waals surface area contributed by atoms with Crippen LogP contribution in [-0.2, 0) is 41.5 Å². The fourth-order valence-electron chi connectivity index (χ4n) is 6.10. The van der Waals surface area contributed by atoms with E-state index in [9.17, 15) is 31.1 Å². The van der Waals surface area contributed by atoms with E-state index >= 15 is 0 Å². The van der Waals surface area contributed by atoms with E-state index in [0.717, 1.165) is 66.5 Å². The molecule has 2 fully saturated rings. The number of para-hydroxylation sites is 1. The Balaban J connectivity index is 1.44. The number of halogens is 6. The number of aryl methyl sites for hydroxylation is 1. The predicted octanol–water partition coefficient (Wildman–Crippen LogP) is 7.35. The number of carbonyl (C=O) groups is 1. The summed E-state index contributed by atoms with van der Waals surface area (Å²) in [6, 6.07) is 9.26. The molecule has 0 N–H and O–H groups in total. The van der Waals surface area contributed by atoms with E-state index in [2.05, 4.69) is 20.3 Å². The second-order valence-electron chi connectivity index (χ2n) is 13.0. The molecule has 2 aromatic heterocycles. The summed E-state index contributed by atoms with van der Waals surface area (Å²) in [5, 5.41) is 13.1. The highest BCUT2D eigenvalue weighted by Crippen LogP contribution is 2.39. The van der Waals surface area contributed by atoms with Gasteiger partial charge in [-0.1, -0.05) is 29.7 Å². The zero-order chi connectivity index (χ0) is 34.9. The van der Waals surface area contributed by atoms with Crippen LogP contribution in [0.1, 0.15) is 66.8 Å². The number of carbonyl (C=O) groups excluding carboxylic acids is 1. The van der Waals surface area contributed by atoms with Crippen LogP contribution < -0.4 is 9.80 Å². The highest BCUT2D eigenvalue weighted by molar-refractivity contribution is 5.84. The summed E-state index contributed by atoms with van der Waals surface area (Å²) in [7, 11) is 0. The number of rotatable bonds is 13. The Morgan fingerprint density at radius 2 is 1.59 bits per heavy atom. The average Bonchev–Trinajstić information content (AvgIpc) is 3.71. The molecule has 49 heavy (non-hydrogen) atoms. The van der Waals surface area contributed by atoms with Crippen molar-refractivity contribution in [2.24, 2.45) is 11.8 Å². The van der Waals surface area contributed by atoms with Gasteiger partial charge in [-0.15, -0.1) is 5.10 Å². The van der Waals surface area contributed by atoms with Crippen molar-refractivity contribution in [1.82, 2.24) is 25.2 Å². The Morgan fingerprint density at radius 1 is 0.918 bits per heavy atom. The highest BCUT2D eigenvalue weighted by Gasteiger charge is 2.37. The van der Waals surface area contributed by atoms with Gasteiger partial charge in [0.1, 0.15) is 5.82 Å². The molecule has 4 aromatic rings. The van der Waals surface area contributed by atoms with Gasteiger partial charge < -0.3 is 14.5 Å². The van der Waals surface area contributed by atoms with Gasteiger partial charge in [0, 0.05) is 37.1 Å². The van der Waals surface area contributed by atoms with Crippen LogP contribution in [-0.4, -0.2) is 50.9 Å². The van der Waals surface area contributed by atoms with E-state index in [0.29, 0.717) is 35.3 Å². The van der Waals surface area contributed by atoms with Gasteiger partial charge in [-0.2, -0.15) is 31.1 Å².